The van der Waals surface area contributed by atoms with Crippen LogP contribution in [0, 0.1) is 0 Å². The molecule has 0 saturated carbocycles. The molecule has 20 heavy (non-hydrogen) atoms. The number of amides is 1. The minimum Gasteiger partial charge on any atom is -0.375 e. The lowest BCUT2D eigenvalue weighted by atomic mass is 10.0. The van der Waals surface area contributed by atoms with Crippen LogP contribution >= 0.6 is 0 Å². The quantitative estimate of drug-likeness (QED) is 0.697. The molecule has 0 aliphatic carbocycles. The van der Waals surface area contributed by atoms with Crippen LogP contribution in [0.4, 0.5) is 4.79 Å². The van der Waals surface area contributed by atoms with Crippen LogP contribution in [0.15, 0.2) is 0 Å². The molecule has 0 spiro atoms. The zero-order valence-electron chi connectivity index (χ0n) is 14.6. The van der Waals surface area contributed by atoms with Gasteiger partial charge in [0, 0.05) is 6.54 Å². The lowest BCUT2D eigenvalue weighted by molar-refractivity contribution is -0.132. The SMILES string of the molecule is BC(=O)NCCC(C)(C)OCCC(C)(C)OC(C)(C)C. The van der Waals surface area contributed by atoms with Crippen molar-refractivity contribution >= 4 is 13.7 Å². The smallest absolute Gasteiger partial charge is 0.215 e. The van der Waals surface area contributed by atoms with Gasteiger partial charge in [0.2, 0.25) is 7.85 Å². The molecule has 118 valence electrons. The Morgan fingerprint density at radius 2 is 1.55 bits per heavy atom. The van der Waals surface area contributed by atoms with Gasteiger partial charge in [-0.05, 0) is 61.3 Å². The Balaban J connectivity index is 4.05. The number of hydrogen-bond donors (Lipinski definition) is 1. The van der Waals surface area contributed by atoms with Gasteiger partial charge in [-0.25, -0.2) is 0 Å². The van der Waals surface area contributed by atoms with E-state index in [0.29, 0.717) is 13.2 Å². The minimum atomic E-state index is -0.236. The van der Waals surface area contributed by atoms with E-state index in [1.54, 1.807) is 0 Å². The van der Waals surface area contributed by atoms with Gasteiger partial charge in [-0.1, -0.05) is 0 Å². The van der Waals surface area contributed by atoms with Gasteiger partial charge in [-0.2, -0.15) is 0 Å². The van der Waals surface area contributed by atoms with Gasteiger partial charge in [0.1, 0.15) is 0 Å². The van der Waals surface area contributed by atoms with Crippen molar-refractivity contribution < 1.29 is 14.3 Å². The van der Waals surface area contributed by atoms with E-state index < -0.39 is 0 Å². The minimum absolute atomic E-state index is 0.000473. The van der Waals surface area contributed by atoms with Crippen LogP contribution < -0.4 is 5.32 Å². The summed E-state index contributed by atoms with van der Waals surface area (Å²) >= 11 is 0. The summed E-state index contributed by atoms with van der Waals surface area (Å²) in [6.07, 6.45) is 1.64. The van der Waals surface area contributed by atoms with E-state index in [1.165, 1.54) is 7.85 Å². The van der Waals surface area contributed by atoms with Crippen molar-refractivity contribution in [3.8, 4) is 0 Å². The van der Waals surface area contributed by atoms with Crippen molar-refractivity contribution in [2.45, 2.75) is 78.1 Å². The summed E-state index contributed by atoms with van der Waals surface area (Å²) < 4.78 is 11.9. The van der Waals surface area contributed by atoms with Gasteiger partial charge in [0.15, 0.2) is 5.81 Å². The number of rotatable bonds is 8. The van der Waals surface area contributed by atoms with E-state index in [9.17, 15) is 4.79 Å². The number of ether oxygens (including phenoxy) is 2. The fourth-order valence-corrected chi connectivity index (χ4v) is 2.06. The topological polar surface area (TPSA) is 47.6 Å². The van der Waals surface area contributed by atoms with E-state index >= 15 is 0 Å². The molecular weight excluding hydrogens is 253 g/mol. The summed E-state index contributed by atoms with van der Waals surface area (Å²) in [5, 5.41) is 2.80. The van der Waals surface area contributed by atoms with Gasteiger partial charge < -0.3 is 14.8 Å². The monoisotopic (exact) mass is 285 g/mol. The standard InChI is InChI=1S/C15H32BNO3/c1-13(2,3)20-15(6,7)9-11-19-14(4,5)8-10-17-12(16)18/h8-11,16H2,1-7H3,(H,17,18). The molecule has 1 N–H and O–H groups in total. The third kappa shape index (κ3) is 11.3. The van der Waals surface area contributed by atoms with Crippen molar-refractivity contribution in [1.82, 2.24) is 5.32 Å². The van der Waals surface area contributed by atoms with Crippen LogP contribution in [-0.4, -0.2) is 43.6 Å². The molecule has 0 saturated heterocycles. The molecule has 0 aromatic carbocycles. The molecule has 1 amide bonds. The third-order valence-electron chi connectivity index (χ3n) is 2.88. The van der Waals surface area contributed by atoms with Gasteiger partial charge >= 0.3 is 0 Å². The summed E-state index contributed by atoms with van der Waals surface area (Å²) in [6, 6.07) is 0. The molecule has 4 nitrogen and oxygen atoms in total. The maximum atomic E-state index is 10.8. The van der Waals surface area contributed by atoms with Crippen molar-refractivity contribution in [1.29, 1.82) is 0 Å². The Labute approximate surface area is 125 Å². The van der Waals surface area contributed by atoms with E-state index in [2.05, 4.69) is 39.9 Å². The summed E-state index contributed by atoms with van der Waals surface area (Å²) in [5.41, 5.74) is -0.587. The lowest BCUT2D eigenvalue weighted by Crippen LogP contribution is -2.37. The molecule has 0 radical (unpaired) electrons. The van der Waals surface area contributed by atoms with Gasteiger partial charge in [-0.3, -0.25) is 4.79 Å². The fourth-order valence-electron chi connectivity index (χ4n) is 2.06. The zero-order valence-corrected chi connectivity index (χ0v) is 14.6. The van der Waals surface area contributed by atoms with Crippen LogP contribution in [0.1, 0.15) is 61.3 Å². The van der Waals surface area contributed by atoms with Crippen molar-refractivity contribution in [2.24, 2.45) is 0 Å². The molecular formula is C15H32BNO3. The third-order valence-corrected chi connectivity index (χ3v) is 2.88. The Hall–Kier alpha value is -0.545. The first-order valence-corrected chi connectivity index (χ1v) is 7.42. The number of carbonyl (C=O) groups excluding carboxylic acids is 1. The Morgan fingerprint density at radius 3 is 2.00 bits per heavy atom. The fraction of sp³-hybridized carbons (Fsp3) is 0.933. The van der Waals surface area contributed by atoms with Crippen molar-refractivity contribution in [3.63, 3.8) is 0 Å². The molecule has 0 unspecified atom stereocenters. The van der Waals surface area contributed by atoms with Crippen LogP contribution in [0.5, 0.6) is 0 Å². The van der Waals surface area contributed by atoms with Gasteiger partial charge in [0.25, 0.3) is 0 Å². The Kier molecular flexibility index (Phi) is 7.26. The molecule has 0 heterocycles. The summed E-state index contributed by atoms with van der Waals surface area (Å²) in [6.45, 7) is 15.8. The maximum Gasteiger partial charge on any atom is 0.215 e. The maximum absolute atomic E-state index is 10.8. The molecule has 0 atom stereocenters. The molecule has 0 aliphatic rings. The normalized spacial score (nSPS) is 13.3. The van der Waals surface area contributed by atoms with Crippen molar-refractivity contribution in [3.05, 3.63) is 0 Å². The van der Waals surface area contributed by atoms with Gasteiger partial charge in [-0.15, -0.1) is 0 Å². The largest absolute Gasteiger partial charge is 0.375 e. The molecule has 0 bridgehead atoms. The second kappa shape index (κ2) is 7.46. The molecule has 0 aromatic heterocycles. The first-order chi connectivity index (χ1) is 8.83. The number of hydrogen-bond acceptors (Lipinski definition) is 3. The number of nitrogens with one attached hydrogen (secondary N) is 1. The summed E-state index contributed by atoms with van der Waals surface area (Å²) in [7, 11) is 1.53. The van der Waals surface area contributed by atoms with E-state index in [-0.39, 0.29) is 22.6 Å². The highest BCUT2D eigenvalue weighted by Gasteiger charge is 2.27. The van der Waals surface area contributed by atoms with E-state index in [0.717, 1.165) is 12.8 Å². The van der Waals surface area contributed by atoms with Crippen LogP contribution in [0.25, 0.3) is 0 Å². The van der Waals surface area contributed by atoms with E-state index in [1.807, 2.05) is 13.8 Å². The molecule has 0 rings (SSSR count). The van der Waals surface area contributed by atoms with E-state index in [4.69, 9.17) is 9.47 Å². The number of carbonyl (C=O) groups is 1. The molecule has 5 heteroatoms. The second-order valence-corrected chi connectivity index (χ2v) is 7.57. The highest BCUT2D eigenvalue weighted by molar-refractivity contribution is 6.57. The first-order valence-electron chi connectivity index (χ1n) is 7.42. The second-order valence-electron chi connectivity index (χ2n) is 7.57. The van der Waals surface area contributed by atoms with Crippen molar-refractivity contribution in [2.75, 3.05) is 13.2 Å². The Bertz CT molecular complexity index is 309. The average molecular weight is 285 g/mol. The first kappa shape index (κ1) is 19.5. The van der Waals surface area contributed by atoms with Crippen LogP contribution in [-0.2, 0) is 9.47 Å². The summed E-state index contributed by atoms with van der Waals surface area (Å²) in [5.74, 6) is 0.000473. The molecule has 0 aliphatic heterocycles. The highest BCUT2D eigenvalue weighted by Crippen LogP contribution is 2.24. The predicted octanol–water partition coefficient (Wildman–Crippen LogP) is 2.50. The van der Waals surface area contributed by atoms with Crippen LogP contribution in [0.3, 0.4) is 0 Å². The molecule has 0 fully saturated rings. The van der Waals surface area contributed by atoms with Gasteiger partial charge in [0.05, 0.1) is 23.4 Å². The Morgan fingerprint density at radius 1 is 1.00 bits per heavy atom. The van der Waals surface area contributed by atoms with Crippen LogP contribution in [0.2, 0.25) is 0 Å². The summed E-state index contributed by atoms with van der Waals surface area (Å²) in [4.78, 5) is 10.8. The predicted molar refractivity (Wildman–Crippen MR) is 86.1 cm³/mol. The lowest BCUT2D eigenvalue weighted by Gasteiger charge is -2.35. The molecule has 0 aromatic rings. The zero-order chi connectivity index (χ0) is 16.0. The highest BCUT2D eigenvalue weighted by atomic mass is 16.5. The average Bonchev–Trinajstić information content (AvgIpc) is 2.10.